The number of hydrogen-bond acceptors (Lipinski definition) is 5. The lowest BCUT2D eigenvalue weighted by molar-refractivity contribution is 0.0730. The summed E-state index contributed by atoms with van der Waals surface area (Å²) in [4.78, 5) is 21.9. The smallest absolute Gasteiger partial charge is 0.254 e. The lowest BCUT2D eigenvalue weighted by atomic mass is 10.1. The van der Waals surface area contributed by atoms with E-state index in [2.05, 4.69) is 9.88 Å². The van der Waals surface area contributed by atoms with E-state index >= 15 is 0 Å². The number of amides is 1. The molecule has 0 saturated carbocycles. The number of morpholine rings is 1. The lowest BCUT2D eigenvalue weighted by Crippen LogP contribution is -2.36. The van der Waals surface area contributed by atoms with Gasteiger partial charge in [-0.3, -0.25) is 9.78 Å². The number of anilines is 1. The minimum atomic E-state index is -0.267. The fraction of sp³-hybridized carbons (Fsp3) is 0.226. The van der Waals surface area contributed by atoms with E-state index in [4.69, 9.17) is 9.47 Å². The molecule has 7 heteroatoms. The van der Waals surface area contributed by atoms with Crippen LogP contribution in [0.3, 0.4) is 0 Å². The number of rotatable bonds is 9. The molecule has 0 atom stereocenters. The van der Waals surface area contributed by atoms with Gasteiger partial charge in [-0.15, -0.1) is 0 Å². The molecule has 4 aromatic rings. The van der Waals surface area contributed by atoms with Crippen molar-refractivity contribution in [3.63, 3.8) is 0 Å². The predicted molar refractivity (Wildman–Crippen MR) is 144 cm³/mol. The van der Waals surface area contributed by atoms with Crippen molar-refractivity contribution in [2.45, 2.75) is 19.7 Å². The van der Waals surface area contributed by atoms with E-state index in [0.717, 1.165) is 48.7 Å². The third-order valence-electron chi connectivity index (χ3n) is 6.49. The van der Waals surface area contributed by atoms with Crippen LogP contribution >= 0.6 is 0 Å². The SMILES string of the molecule is O=C(c1ccc(N2CCOCC2)cc1)N(Cc1ccc(OCc2ccc(F)cc2)cc1)Cc1cccnc1. The van der Waals surface area contributed by atoms with Crippen LogP contribution in [0, 0.1) is 5.82 Å². The number of halogens is 1. The second kappa shape index (κ2) is 12.3. The monoisotopic (exact) mass is 511 g/mol. The maximum Gasteiger partial charge on any atom is 0.254 e. The van der Waals surface area contributed by atoms with E-state index in [1.807, 2.05) is 65.6 Å². The van der Waals surface area contributed by atoms with Gasteiger partial charge in [0.1, 0.15) is 18.2 Å². The van der Waals surface area contributed by atoms with Gasteiger partial charge in [0.05, 0.1) is 13.2 Å². The van der Waals surface area contributed by atoms with E-state index in [9.17, 15) is 9.18 Å². The highest BCUT2D eigenvalue weighted by atomic mass is 19.1. The molecule has 1 saturated heterocycles. The maximum absolute atomic E-state index is 13.6. The van der Waals surface area contributed by atoms with Gasteiger partial charge < -0.3 is 19.3 Å². The van der Waals surface area contributed by atoms with E-state index < -0.39 is 0 Å². The fourth-order valence-corrected chi connectivity index (χ4v) is 4.39. The number of pyridine rings is 1. The molecule has 1 fully saturated rings. The summed E-state index contributed by atoms with van der Waals surface area (Å²) in [5.41, 5.74) is 4.58. The molecule has 0 bridgehead atoms. The molecule has 0 radical (unpaired) electrons. The van der Waals surface area contributed by atoms with Gasteiger partial charge >= 0.3 is 0 Å². The van der Waals surface area contributed by atoms with Gasteiger partial charge in [-0.1, -0.05) is 30.3 Å². The van der Waals surface area contributed by atoms with Gasteiger partial charge in [0.25, 0.3) is 5.91 Å². The summed E-state index contributed by atoms with van der Waals surface area (Å²) in [6, 6.07) is 25.6. The van der Waals surface area contributed by atoms with Gasteiger partial charge in [-0.05, 0) is 71.3 Å². The van der Waals surface area contributed by atoms with E-state index in [1.54, 1.807) is 24.5 Å². The summed E-state index contributed by atoms with van der Waals surface area (Å²) in [6.45, 7) is 4.38. The molecule has 2 heterocycles. The van der Waals surface area contributed by atoms with Crippen LogP contribution < -0.4 is 9.64 Å². The Morgan fingerprint density at radius 2 is 1.55 bits per heavy atom. The molecular weight excluding hydrogens is 481 g/mol. The molecule has 0 N–H and O–H groups in total. The van der Waals surface area contributed by atoms with Gasteiger partial charge in [0, 0.05) is 49.8 Å². The Balaban J connectivity index is 1.27. The van der Waals surface area contributed by atoms with Gasteiger partial charge in [-0.2, -0.15) is 0 Å². The summed E-state index contributed by atoms with van der Waals surface area (Å²) in [5.74, 6) is 0.400. The van der Waals surface area contributed by atoms with Crippen molar-refractivity contribution in [2.24, 2.45) is 0 Å². The first-order chi connectivity index (χ1) is 18.6. The Bertz CT molecular complexity index is 1310. The highest BCUT2D eigenvalue weighted by Crippen LogP contribution is 2.21. The molecule has 1 aliphatic rings. The molecule has 0 unspecified atom stereocenters. The zero-order chi connectivity index (χ0) is 26.2. The number of hydrogen-bond donors (Lipinski definition) is 0. The quantitative estimate of drug-likeness (QED) is 0.298. The van der Waals surface area contributed by atoms with Crippen molar-refractivity contribution in [3.8, 4) is 5.75 Å². The van der Waals surface area contributed by atoms with Gasteiger partial charge in [-0.25, -0.2) is 4.39 Å². The lowest BCUT2D eigenvalue weighted by Gasteiger charge is -2.29. The Morgan fingerprint density at radius 1 is 0.868 bits per heavy atom. The van der Waals surface area contributed by atoms with Crippen LogP contribution in [0.5, 0.6) is 5.75 Å². The number of nitrogens with zero attached hydrogens (tertiary/aromatic N) is 3. The van der Waals surface area contributed by atoms with E-state index in [0.29, 0.717) is 31.0 Å². The second-order valence-corrected chi connectivity index (χ2v) is 9.23. The molecule has 3 aromatic carbocycles. The van der Waals surface area contributed by atoms with Crippen molar-refractivity contribution in [3.05, 3.63) is 125 Å². The van der Waals surface area contributed by atoms with Gasteiger partial charge in [0.15, 0.2) is 0 Å². The number of aromatic nitrogens is 1. The highest BCUT2D eigenvalue weighted by Gasteiger charge is 2.18. The predicted octanol–water partition coefficient (Wildman–Crippen LogP) is 5.48. The standard InChI is InChI=1S/C31H30FN3O3/c32-28-9-3-25(4-10-28)23-38-30-13-5-24(6-14-30)21-35(22-26-2-1-15-33-20-26)31(36)27-7-11-29(12-8-27)34-16-18-37-19-17-34/h1-15,20H,16-19,21-23H2. The Morgan fingerprint density at radius 3 is 2.24 bits per heavy atom. The van der Waals surface area contributed by atoms with Crippen LogP contribution in [0.2, 0.25) is 0 Å². The Kier molecular flexibility index (Phi) is 8.26. The number of ether oxygens (including phenoxy) is 2. The first kappa shape index (κ1) is 25.4. The van der Waals surface area contributed by atoms with Crippen molar-refractivity contribution in [1.82, 2.24) is 9.88 Å². The topological polar surface area (TPSA) is 54.9 Å². The van der Waals surface area contributed by atoms with Crippen molar-refractivity contribution in [2.75, 3.05) is 31.2 Å². The average Bonchev–Trinajstić information content (AvgIpc) is 2.98. The largest absolute Gasteiger partial charge is 0.489 e. The Hall–Kier alpha value is -4.23. The second-order valence-electron chi connectivity index (χ2n) is 9.23. The van der Waals surface area contributed by atoms with Crippen LogP contribution in [-0.4, -0.2) is 42.1 Å². The summed E-state index contributed by atoms with van der Waals surface area (Å²) < 4.78 is 24.4. The Labute approximate surface area is 222 Å². The zero-order valence-electron chi connectivity index (χ0n) is 21.1. The summed E-state index contributed by atoms with van der Waals surface area (Å²) in [5, 5.41) is 0. The van der Waals surface area contributed by atoms with Crippen molar-refractivity contribution >= 4 is 11.6 Å². The minimum Gasteiger partial charge on any atom is -0.489 e. The van der Waals surface area contributed by atoms with E-state index in [1.165, 1.54) is 12.1 Å². The summed E-state index contributed by atoms with van der Waals surface area (Å²) in [6.07, 6.45) is 3.51. The molecule has 6 nitrogen and oxygen atoms in total. The molecule has 1 aromatic heterocycles. The van der Waals surface area contributed by atoms with E-state index in [-0.39, 0.29) is 11.7 Å². The summed E-state index contributed by atoms with van der Waals surface area (Å²) in [7, 11) is 0. The minimum absolute atomic E-state index is 0.0426. The molecule has 194 valence electrons. The molecule has 5 rings (SSSR count). The van der Waals surface area contributed by atoms with Gasteiger partial charge in [0.2, 0.25) is 0 Å². The molecule has 1 aliphatic heterocycles. The van der Waals surface area contributed by atoms with Crippen molar-refractivity contribution < 1.29 is 18.7 Å². The number of carbonyl (C=O) groups excluding carboxylic acids is 1. The molecular formula is C31H30FN3O3. The average molecular weight is 512 g/mol. The van der Waals surface area contributed by atoms with Crippen molar-refractivity contribution in [1.29, 1.82) is 0 Å². The fourth-order valence-electron chi connectivity index (χ4n) is 4.39. The molecule has 38 heavy (non-hydrogen) atoms. The third-order valence-corrected chi connectivity index (χ3v) is 6.49. The zero-order valence-corrected chi connectivity index (χ0v) is 21.1. The highest BCUT2D eigenvalue weighted by molar-refractivity contribution is 5.94. The van der Waals surface area contributed by atoms with Crippen LogP contribution in [0.4, 0.5) is 10.1 Å². The summed E-state index contributed by atoms with van der Waals surface area (Å²) >= 11 is 0. The third kappa shape index (κ3) is 6.75. The van der Waals surface area contributed by atoms with Crippen LogP contribution in [0.1, 0.15) is 27.0 Å². The molecule has 0 aliphatic carbocycles. The van der Waals surface area contributed by atoms with Crippen LogP contribution in [0.25, 0.3) is 0 Å². The number of benzene rings is 3. The van der Waals surface area contributed by atoms with Crippen LogP contribution in [-0.2, 0) is 24.4 Å². The first-order valence-corrected chi connectivity index (χ1v) is 12.7. The first-order valence-electron chi connectivity index (χ1n) is 12.7. The molecule has 1 amide bonds. The van der Waals surface area contributed by atoms with Crippen LogP contribution in [0.15, 0.2) is 97.3 Å². The maximum atomic E-state index is 13.6. The number of carbonyl (C=O) groups is 1. The molecule has 0 spiro atoms. The normalized spacial score (nSPS) is 13.2.